The van der Waals surface area contributed by atoms with E-state index in [9.17, 15) is 26.3 Å². The molecule has 1 rings (SSSR count). The van der Waals surface area contributed by atoms with Crippen LogP contribution in [0.15, 0.2) is 11.6 Å². The Bertz CT molecular complexity index is 324. The molecule has 0 bridgehead atoms. The Labute approximate surface area is 95.7 Å². The second kappa shape index (κ2) is 3.92. The third-order valence-electron chi connectivity index (χ3n) is 3.65. The average molecular weight is 260 g/mol. The largest absolute Gasteiger partial charge is 0.397 e. The van der Waals surface area contributed by atoms with Gasteiger partial charge in [0.15, 0.2) is 0 Å². The normalized spacial score (nSPS) is 35.7. The van der Waals surface area contributed by atoms with E-state index in [2.05, 4.69) is 0 Å². The van der Waals surface area contributed by atoms with E-state index in [1.807, 2.05) is 0 Å². The van der Waals surface area contributed by atoms with Crippen LogP contribution in [0.5, 0.6) is 0 Å². The van der Waals surface area contributed by atoms with E-state index in [0.717, 1.165) is 19.9 Å². The first-order chi connectivity index (χ1) is 7.39. The van der Waals surface area contributed by atoms with Crippen LogP contribution >= 0.6 is 0 Å². The highest BCUT2D eigenvalue weighted by Crippen LogP contribution is 2.54. The van der Waals surface area contributed by atoms with Crippen molar-refractivity contribution in [3.63, 3.8) is 0 Å². The molecular formula is C11H14F6. The van der Waals surface area contributed by atoms with Gasteiger partial charge in [-0.2, -0.15) is 26.3 Å². The molecule has 1 aliphatic carbocycles. The Morgan fingerprint density at radius 1 is 1.18 bits per heavy atom. The van der Waals surface area contributed by atoms with Gasteiger partial charge in [-0.25, -0.2) is 0 Å². The molecule has 0 heterocycles. The van der Waals surface area contributed by atoms with Crippen LogP contribution in [0.25, 0.3) is 0 Å². The van der Waals surface area contributed by atoms with Crippen molar-refractivity contribution in [2.45, 2.75) is 39.5 Å². The van der Waals surface area contributed by atoms with E-state index in [-0.39, 0.29) is 5.57 Å². The van der Waals surface area contributed by atoms with Gasteiger partial charge in [0, 0.05) is 0 Å². The lowest BCUT2D eigenvalue weighted by molar-refractivity contribution is -0.225. The molecule has 1 aliphatic rings. The van der Waals surface area contributed by atoms with E-state index in [1.165, 1.54) is 6.92 Å². The van der Waals surface area contributed by atoms with Crippen LogP contribution < -0.4 is 0 Å². The van der Waals surface area contributed by atoms with Crippen molar-refractivity contribution >= 4 is 0 Å². The van der Waals surface area contributed by atoms with Crippen LogP contribution in [0.2, 0.25) is 0 Å². The fourth-order valence-electron chi connectivity index (χ4n) is 2.31. The zero-order chi connectivity index (χ0) is 13.6. The molecule has 0 saturated carbocycles. The second-order valence-electron chi connectivity index (χ2n) is 4.93. The van der Waals surface area contributed by atoms with Crippen LogP contribution in [-0.2, 0) is 0 Å². The zero-order valence-electron chi connectivity index (χ0n) is 9.71. The Hall–Kier alpha value is -0.680. The molecule has 0 aromatic rings. The lowest BCUT2D eigenvalue weighted by atomic mass is 9.66. The SMILES string of the molecule is CC1=CC(C(F)(F)F)C(C)CC1(C)C(F)(F)F. The Morgan fingerprint density at radius 3 is 2.00 bits per heavy atom. The molecule has 0 saturated heterocycles. The number of halogens is 6. The molecule has 0 aromatic carbocycles. The molecule has 0 spiro atoms. The third-order valence-corrected chi connectivity index (χ3v) is 3.65. The lowest BCUT2D eigenvalue weighted by Crippen LogP contribution is -2.44. The standard InChI is InChI=1S/C11H14F6/c1-6-5-9(3,11(15,16)17)7(2)4-8(6)10(12,13)14/h4,6,8H,5H2,1-3H3. The minimum atomic E-state index is -4.52. The van der Waals surface area contributed by atoms with Gasteiger partial charge in [0.1, 0.15) is 0 Å². The lowest BCUT2D eigenvalue weighted by Gasteiger charge is -2.42. The molecular weight excluding hydrogens is 246 g/mol. The predicted molar refractivity (Wildman–Crippen MR) is 51.2 cm³/mol. The number of alkyl halides is 6. The zero-order valence-corrected chi connectivity index (χ0v) is 9.71. The summed E-state index contributed by atoms with van der Waals surface area (Å²) in [4.78, 5) is 0. The van der Waals surface area contributed by atoms with Gasteiger partial charge in [-0.15, -0.1) is 0 Å². The summed E-state index contributed by atoms with van der Waals surface area (Å²) in [5, 5.41) is 0. The van der Waals surface area contributed by atoms with Crippen LogP contribution in [0.1, 0.15) is 27.2 Å². The number of allylic oxidation sites excluding steroid dienone is 2. The first-order valence-electron chi connectivity index (χ1n) is 5.22. The number of rotatable bonds is 0. The molecule has 0 N–H and O–H groups in total. The molecule has 100 valence electrons. The van der Waals surface area contributed by atoms with Crippen molar-refractivity contribution in [3.8, 4) is 0 Å². The Morgan fingerprint density at radius 2 is 1.65 bits per heavy atom. The van der Waals surface area contributed by atoms with Crippen molar-refractivity contribution in [1.29, 1.82) is 0 Å². The molecule has 3 unspecified atom stereocenters. The summed E-state index contributed by atoms with van der Waals surface area (Å²) >= 11 is 0. The van der Waals surface area contributed by atoms with Crippen molar-refractivity contribution < 1.29 is 26.3 Å². The molecule has 17 heavy (non-hydrogen) atoms. The summed E-state index contributed by atoms with van der Waals surface area (Å²) in [6.07, 6.45) is -8.79. The van der Waals surface area contributed by atoms with Gasteiger partial charge < -0.3 is 0 Å². The molecule has 0 fully saturated rings. The quantitative estimate of drug-likeness (QED) is 0.436. The molecule has 6 heteroatoms. The van der Waals surface area contributed by atoms with Crippen LogP contribution in [0, 0.1) is 17.3 Å². The fourth-order valence-corrected chi connectivity index (χ4v) is 2.31. The van der Waals surface area contributed by atoms with E-state index >= 15 is 0 Å². The summed E-state index contributed by atoms with van der Waals surface area (Å²) in [6, 6.07) is 0. The minimum absolute atomic E-state index is 0.245. The van der Waals surface area contributed by atoms with Crippen molar-refractivity contribution in [2.75, 3.05) is 0 Å². The topological polar surface area (TPSA) is 0 Å². The second-order valence-corrected chi connectivity index (χ2v) is 4.93. The van der Waals surface area contributed by atoms with Gasteiger partial charge in [0.25, 0.3) is 0 Å². The highest BCUT2D eigenvalue weighted by atomic mass is 19.4. The monoisotopic (exact) mass is 260 g/mol. The summed E-state index contributed by atoms with van der Waals surface area (Å²) < 4.78 is 76.3. The van der Waals surface area contributed by atoms with Crippen LogP contribution in [0.3, 0.4) is 0 Å². The van der Waals surface area contributed by atoms with E-state index in [1.54, 1.807) is 0 Å². The summed E-state index contributed by atoms with van der Waals surface area (Å²) in [6.45, 7) is 3.30. The van der Waals surface area contributed by atoms with Gasteiger partial charge in [0.05, 0.1) is 11.3 Å². The summed E-state index contributed by atoms with van der Waals surface area (Å²) in [5.74, 6) is -2.84. The van der Waals surface area contributed by atoms with E-state index in [4.69, 9.17) is 0 Å². The van der Waals surface area contributed by atoms with Crippen LogP contribution in [0.4, 0.5) is 26.3 Å². The average Bonchev–Trinajstić information content (AvgIpc) is 2.07. The smallest absolute Gasteiger partial charge is 0.170 e. The fraction of sp³-hybridized carbons (Fsp3) is 0.818. The number of hydrogen-bond acceptors (Lipinski definition) is 0. The molecule has 0 nitrogen and oxygen atoms in total. The Kier molecular flexibility index (Phi) is 3.31. The van der Waals surface area contributed by atoms with Crippen molar-refractivity contribution in [1.82, 2.24) is 0 Å². The third kappa shape index (κ3) is 2.45. The highest BCUT2D eigenvalue weighted by Gasteiger charge is 2.57. The maximum atomic E-state index is 12.9. The number of hydrogen-bond donors (Lipinski definition) is 0. The summed E-state index contributed by atoms with van der Waals surface area (Å²) in [5.41, 5.74) is -2.39. The molecule has 0 aliphatic heterocycles. The van der Waals surface area contributed by atoms with Gasteiger partial charge in [-0.3, -0.25) is 0 Å². The van der Waals surface area contributed by atoms with Gasteiger partial charge in [0.2, 0.25) is 0 Å². The van der Waals surface area contributed by atoms with Crippen molar-refractivity contribution in [3.05, 3.63) is 11.6 Å². The van der Waals surface area contributed by atoms with Gasteiger partial charge in [-0.05, 0) is 26.2 Å². The van der Waals surface area contributed by atoms with E-state index < -0.39 is 36.0 Å². The van der Waals surface area contributed by atoms with Crippen molar-refractivity contribution in [2.24, 2.45) is 17.3 Å². The Balaban J connectivity index is 3.16. The predicted octanol–water partition coefficient (Wildman–Crippen LogP) is 4.72. The maximum absolute atomic E-state index is 12.9. The first kappa shape index (κ1) is 14.4. The highest BCUT2D eigenvalue weighted by molar-refractivity contribution is 5.20. The molecule has 3 atom stereocenters. The summed E-state index contributed by atoms with van der Waals surface area (Å²) in [7, 11) is 0. The molecule has 0 radical (unpaired) electrons. The van der Waals surface area contributed by atoms with E-state index in [0.29, 0.717) is 0 Å². The van der Waals surface area contributed by atoms with Gasteiger partial charge in [-0.1, -0.05) is 18.6 Å². The minimum Gasteiger partial charge on any atom is -0.170 e. The molecule has 0 amide bonds. The van der Waals surface area contributed by atoms with Crippen LogP contribution in [-0.4, -0.2) is 12.4 Å². The maximum Gasteiger partial charge on any atom is 0.397 e. The van der Waals surface area contributed by atoms with Gasteiger partial charge >= 0.3 is 12.4 Å². The first-order valence-corrected chi connectivity index (χ1v) is 5.22. The molecule has 0 aromatic heterocycles.